The van der Waals surface area contributed by atoms with Crippen LogP contribution in [0.4, 0.5) is 0 Å². The van der Waals surface area contributed by atoms with Gasteiger partial charge in [-0.15, -0.1) is 0 Å². The van der Waals surface area contributed by atoms with Gasteiger partial charge in [-0.3, -0.25) is 0 Å². The van der Waals surface area contributed by atoms with Gasteiger partial charge in [-0.2, -0.15) is 0 Å². The maximum atomic E-state index is 6.29. The minimum Gasteiger partial charge on any atom is -0.370 e. The molecule has 0 aromatic heterocycles. The summed E-state index contributed by atoms with van der Waals surface area (Å²) >= 11 is 0. The molecule has 206 valence electrons. The zero-order valence-electron chi connectivity index (χ0n) is 23.4. The van der Waals surface area contributed by atoms with Crippen molar-refractivity contribution in [1.82, 2.24) is 0 Å². The lowest BCUT2D eigenvalue weighted by atomic mass is 9.79. The van der Waals surface area contributed by atoms with E-state index in [9.17, 15) is 0 Å². The van der Waals surface area contributed by atoms with Gasteiger partial charge in [0, 0.05) is 0 Å². The van der Waals surface area contributed by atoms with Gasteiger partial charge in [0.2, 0.25) is 0 Å². The van der Waals surface area contributed by atoms with E-state index >= 15 is 0 Å². The molecule has 0 bridgehead atoms. The molecule has 2 saturated carbocycles. The van der Waals surface area contributed by atoms with Crippen LogP contribution >= 0.6 is 0 Å². The summed E-state index contributed by atoms with van der Waals surface area (Å²) in [5.74, 6) is 3.24. The SMILES string of the molecule is CC1CCC(c2ccc(COC3COC4C(OCc5ccc(C6CCC(C)CC6)cc5)COC34)cc2)CC1. The second kappa shape index (κ2) is 12.2. The fraction of sp³-hybridized carbons (Fsp3) is 0.647. The average Bonchev–Trinajstić information content (AvgIpc) is 3.55. The van der Waals surface area contributed by atoms with E-state index in [1.165, 1.54) is 73.6 Å². The predicted molar refractivity (Wildman–Crippen MR) is 150 cm³/mol. The third kappa shape index (κ3) is 6.20. The van der Waals surface area contributed by atoms with Crippen molar-refractivity contribution in [3.63, 3.8) is 0 Å². The van der Waals surface area contributed by atoms with Gasteiger partial charge in [-0.05, 0) is 71.6 Å². The van der Waals surface area contributed by atoms with Gasteiger partial charge >= 0.3 is 0 Å². The zero-order valence-corrected chi connectivity index (χ0v) is 23.4. The zero-order chi connectivity index (χ0) is 25.9. The Morgan fingerprint density at radius 1 is 0.553 bits per heavy atom. The first kappa shape index (κ1) is 26.5. The summed E-state index contributed by atoms with van der Waals surface area (Å²) < 4.78 is 24.8. The van der Waals surface area contributed by atoms with Crippen LogP contribution in [0.5, 0.6) is 0 Å². The van der Waals surface area contributed by atoms with Crippen LogP contribution < -0.4 is 0 Å². The molecule has 0 spiro atoms. The summed E-state index contributed by atoms with van der Waals surface area (Å²) in [5, 5.41) is 0. The Morgan fingerprint density at radius 2 is 0.921 bits per heavy atom. The monoisotopic (exact) mass is 518 g/mol. The molecule has 4 fully saturated rings. The molecule has 2 aliphatic heterocycles. The Bertz CT molecular complexity index is 918. The van der Waals surface area contributed by atoms with Crippen molar-refractivity contribution in [2.24, 2.45) is 11.8 Å². The Balaban J connectivity index is 0.947. The summed E-state index contributed by atoms with van der Waals surface area (Å²) in [4.78, 5) is 0. The van der Waals surface area contributed by atoms with Gasteiger partial charge in [-0.1, -0.05) is 88.1 Å². The van der Waals surface area contributed by atoms with E-state index in [-0.39, 0.29) is 24.4 Å². The van der Waals surface area contributed by atoms with Gasteiger partial charge in [0.25, 0.3) is 0 Å². The van der Waals surface area contributed by atoms with E-state index in [1.807, 2.05) is 0 Å². The van der Waals surface area contributed by atoms with Crippen LogP contribution in [-0.4, -0.2) is 37.6 Å². The summed E-state index contributed by atoms with van der Waals surface area (Å²) in [5.41, 5.74) is 5.42. The number of hydrogen-bond acceptors (Lipinski definition) is 4. The van der Waals surface area contributed by atoms with Crippen LogP contribution in [0.15, 0.2) is 48.5 Å². The second-order valence-corrected chi connectivity index (χ2v) is 12.7. The number of rotatable bonds is 8. The van der Waals surface area contributed by atoms with Crippen molar-refractivity contribution in [3.8, 4) is 0 Å². The van der Waals surface area contributed by atoms with Gasteiger partial charge < -0.3 is 18.9 Å². The number of benzene rings is 2. The van der Waals surface area contributed by atoms with E-state index in [0.717, 1.165) is 23.7 Å². The van der Waals surface area contributed by atoms with Crippen molar-refractivity contribution in [1.29, 1.82) is 0 Å². The van der Waals surface area contributed by atoms with Crippen molar-refractivity contribution < 1.29 is 18.9 Å². The maximum Gasteiger partial charge on any atom is 0.115 e. The first-order valence-corrected chi connectivity index (χ1v) is 15.3. The van der Waals surface area contributed by atoms with Crippen molar-refractivity contribution in [3.05, 3.63) is 70.8 Å². The van der Waals surface area contributed by atoms with Crippen LogP contribution in [0, 0.1) is 11.8 Å². The molecule has 2 aromatic carbocycles. The van der Waals surface area contributed by atoms with Crippen LogP contribution in [0.1, 0.15) is 99.3 Å². The molecule has 2 saturated heterocycles. The Kier molecular flexibility index (Phi) is 8.51. The highest BCUT2D eigenvalue weighted by Crippen LogP contribution is 2.37. The van der Waals surface area contributed by atoms with E-state index in [0.29, 0.717) is 26.4 Å². The standard InChI is InChI=1S/C34H46O4/c1-23-3-11-27(12-4-23)29-15-7-25(8-16-29)19-35-31-21-37-34-32(22-38-33(31)34)36-20-26-9-17-30(18-10-26)28-13-5-24(2)6-14-28/h7-10,15-18,23-24,27-28,31-34H,3-6,11-14,19-22H2,1-2H3. The van der Waals surface area contributed by atoms with Crippen molar-refractivity contribution in [2.75, 3.05) is 13.2 Å². The van der Waals surface area contributed by atoms with Crippen molar-refractivity contribution >= 4 is 0 Å². The fourth-order valence-electron chi connectivity index (χ4n) is 7.08. The van der Waals surface area contributed by atoms with E-state index in [4.69, 9.17) is 18.9 Å². The lowest BCUT2D eigenvalue weighted by molar-refractivity contribution is -0.0580. The molecular weight excluding hydrogens is 472 g/mol. The third-order valence-corrected chi connectivity index (χ3v) is 9.82. The Morgan fingerprint density at radius 3 is 1.29 bits per heavy atom. The molecule has 2 aromatic rings. The van der Waals surface area contributed by atoms with Gasteiger partial charge in [-0.25, -0.2) is 0 Å². The predicted octanol–water partition coefficient (Wildman–Crippen LogP) is 7.54. The summed E-state index contributed by atoms with van der Waals surface area (Å²) in [6.45, 7) is 7.10. The van der Waals surface area contributed by atoms with Crippen LogP contribution in [0.3, 0.4) is 0 Å². The molecule has 0 amide bonds. The summed E-state index contributed by atoms with van der Waals surface area (Å²) in [7, 11) is 0. The summed E-state index contributed by atoms with van der Waals surface area (Å²) in [6, 6.07) is 18.2. The largest absolute Gasteiger partial charge is 0.370 e. The number of fused-ring (bicyclic) bond motifs is 1. The Labute approximate surface area is 229 Å². The molecule has 4 nitrogen and oxygen atoms in total. The molecule has 2 heterocycles. The lowest BCUT2D eigenvalue weighted by Crippen LogP contribution is -2.34. The Hall–Kier alpha value is -1.72. The quantitative estimate of drug-likeness (QED) is 0.362. The van der Waals surface area contributed by atoms with Gasteiger partial charge in [0.15, 0.2) is 0 Å². The fourth-order valence-corrected chi connectivity index (χ4v) is 7.08. The van der Waals surface area contributed by atoms with E-state index in [2.05, 4.69) is 62.4 Å². The number of ether oxygens (including phenoxy) is 4. The molecule has 4 unspecified atom stereocenters. The lowest BCUT2D eigenvalue weighted by Gasteiger charge is -2.26. The first-order valence-electron chi connectivity index (χ1n) is 15.3. The van der Waals surface area contributed by atoms with Crippen LogP contribution in [-0.2, 0) is 32.2 Å². The second-order valence-electron chi connectivity index (χ2n) is 12.7. The topological polar surface area (TPSA) is 36.9 Å². The molecule has 38 heavy (non-hydrogen) atoms. The highest BCUT2D eigenvalue weighted by molar-refractivity contribution is 5.26. The molecule has 0 N–H and O–H groups in total. The van der Waals surface area contributed by atoms with Crippen LogP contribution in [0.25, 0.3) is 0 Å². The normalized spacial score (nSPS) is 35.3. The molecule has 2 aliphatic carbocycles. The number of hydrogen-bond donors (Lipinski definition) is 0. The smallest absolute Gasteiger partial charge is 0.115 e. The maximum absolute atomic E-state index is 6.29. The third-order valence-electron chi connectivity index (χ3n) is 9.82. The molecular formula is C34H46O4. The van der Waals surface area contributed by atoms with Crippen molar-refractivity contribution in [2.45, 2.75) is 115 Å². The first-order chi connectivity index (χ1) is 18.6. The molecule has 6 rings (SSSR count). The average molecular weight is 519 g/mol. The molecule has 4 heteroatoms. The molecule has 4 aliphatic rings. The minimum absolute atomic E-state index is 0.0365. The van der Waals surface area contributed by atoms with Crippen LogP contribution in [0.2, 0.25) is 0 Å². The highest BCUT2D eigenvalue weighted by Gasteiger charge is 2.48. The van der Waals surface area contributed by atoms with E-state index in [1.54, 1.807) is 0 Å². The summed E-state index contributed by atoms with van der Waals surface area (Å²) in [6.07, 6.45) is 10.6. The highest BCUT2D eigenvalue weighted by atomic mass is 16.6. The van der Waals surface area contributed by atoms with E-state index < -0.39 is 0 Å². The molecule has 4 atom stereocenters. The minimum atomic E-state index is -0.0421. The van der Waals surface area contributed by atoms with Gasteiger partial charge in [0.1, 0.15) is 24.4 Å². The molecule has 0 radical (unpaired) electrons. The van der Waals surface area contributed by atoms with Gasteiger partial charge in [0.05, 0.1) is 26.4 Å².